The molecule has 0 aliphatic rings. The van der Waals surface area contributed by atoms with Crippen LogP contribution in [0.4, 0.5) is 0 Å². The van der Waals surface area contributed by atoms with Crippen LogP contribution in [0.15, 0.2) is 61.1 Å². The lowest BCUT2D eigenvalue weighted by molar-refractivity contribution is -0.140. The number of imidazole rings is 1. The first-order valence-electron chi connectivity index (χ1n) is 38.6. The summed E-state index contributed by atoms with van der Waals surface area (Å²) in [6, 6.07) is -12.9. The number of nitrogens with zero attached hydrogens (tertiary/aromatic N) is 1. The van der Waals surface area contributed by atoms with Gasteiger partial charge in [-0.15, -0.1) is 0 Å². The normalized spacial score (nSPS) is 15.5. The van der Waals surface area contributed by atoms with E-state index in [2.05, 4.69) is 84.4 Å². The number of H-pyrrole nitrogens is 1. The Bertz CT molecular complexity index is 4030. The molecule has 0 saturated heterocycles. The third kappa shape index (κ3) is 36.6. The first-order chi connectivity index (χ1) is 56.9. The number of guanidine groups is 1. The molecule has 47 heteroatoms. The fourth-order valence-electron chi connectivity index (χ4n) is 11.5. The number of phenolic OH excluding ortho intramolecular Hbond substituents is 2. The number of rotatable bonds is 54. The maximum atomic E-state index is 14.7. The number of aliphatic hydroxyl groups is 4. The minimum atomic E-state index is -2.02. The van der Waals surface area contributed by atoms with Gasteiger partial charge in [-0.2, -0.15) is 0 Å². The second kappa shape index (κ2) is 51.6. The average Bonchev–Trinajstić information content (AvgIpc) is 0.937. The van der Waals surface area contributed by atoms with Crippen LogP contribution in [0, 0.1) is 11.3 Å². The van der Waals surface area contributed by atoms with Crippen molar-refractivity contribution < 1.29 is 122 Å². The molecule has 15 amide bonds. The summed E-state index contributed by atoms with van der Waals surface area (Å²) in [6.07, 6.45) is -5.73. The molecule has 1 heterocycles. The Balaban J connectivity index is 1.86. The van der Waals surface area contributed by atoms with Gasteiger partial charge in [-0.25, -0.2) is 4.98 Å². The summed E-state index contributed by atoms with van der Waals surface area (Å²) in [5.41, 5.74) is 23.6. The van der Waals surface area contributed by atoms with Crippen molar-refractivity contribution in [2.75, 3.05) is 26.2 Å². The zero-order chi connectivity index (χ0) is 91.1. The van der Waals surface area contributed by atoms with Crippen molar-refractivity contribution in [3.05, 3.63) is 77.9 Å². The van der Waals surface area contributed by atoms with Crippen LogP contribution in [-0.2, 0) is 101 Å². The summed E-state index contributed by atoms with van der Waals surface area (Å²) in [5, 5.41) is 124. The highest BCUT2D eigenvalue weighted by Gasteiger charge is 2.40. The number of nitrogens with one attached hydrogen (secondary N) is 17. The van der Waals surface area contributed by atoms with Crippen LogP contribution in [-0.4, -0.2) is 286 Å². The number of aliphatic carboxylic acids is 2. The van der Waals surface area contributed by atoms with Gasteiger partial charge in [0.25, 0.3) is 0 Å². The van der Waals surface area contributed by atoms with Crippen molar-refractivity contribution in [2.45, 2.75) is 228 Å². The molecule has 0 unspecified atom stereocenters. The van der Waals surface area contributed by atoms with Gasteiger partial charge in [-0.05, 0) is 127 Å². The molecule has 3 aromatic rings. The number of aromatic nitrogens is 2. The number of carboxylic acid groups (broad SMARTS) is 2. The molecule has 0 aliphatic heterocycles. The summed E-state index contributed by atoms with van der Waals surface area (Å²) in [7, 11) is 0. The molecule has 121 heavy (non-hydrogen) atoms. The quantitative estimate of drug-likeness (QED) is 0.0142. The number of phenols is 2. The molecule has 0 saturated carbocycles. The van der Waals surface area contributed by atoms with Crippen LogP contribution in [0.1, 0.15) is 123 Å². The van der Waals surface area contributed by atoms with E-state index in [1.54, 1.807) is 13.8 Å². The number of unbranched alkanes of at least 4 members (excludes halogenated alkanes) is 1. The van der Waals surface area contributed by atoms with Gasteiger partial charge in [-0.1, -0.05) is 44.5 Å². The average molecular weight is 1710 g/mol. The number of hydrogen-bond acceptors (Lipinski definition) is 27. The highest BCUT2D eigenvalue weighted by Crippen LogP contribution is 2.17. The summed E-state index contributed by atoms with van der Waals surface area (Å²) < 4.78 is 0. The van der Waals surface area contributed by atoms with Crippen molar-refractivity contribution in [1.82, 2.24) is 89.7 Å². The summed E-state index contributed by atoms with van der Waals surface area (Å²) in [4.78, 5) is 237. The van der Waals surface area contributed by atoms with Gasteiger partial charge in [0.2, 0.25) is 88.6 Å². The van der Waals surface area contributed by atoms with Gasteiger partial charge >= 0.3 is 11.9 Å². The fourth-order valence-corrected chi connectivity index (χ4v) is 11.5. The first-order valence-corrected chi connectivity index (χ1v) is 38.6. The number of benzene rings is 2. The zero-order valence-electron chi connectivity index (χ0n) is 67.8. The van der Waals surface area contributed by atoms with E-state index in [-0.39, 0.29) is 75.2 Å². The molecule has 0 radical (unpaired) electrons. The fraction of sp³-hybridized carbons (Fsp3) is 0.554. The topological polar surface area (TPSA) is 789 Å². The number of nitrogens with two attached hydrogens (primary N) is 4. The van der Waals surface area contributed by atoms with E-state index < -0.39 is 254 Å². The third-order valence-corrected chi connectivity index (χ3v) is 18.6. The monoisotopic (exact) mass is 1710 g/mol. The number of carbonyl (C=O) groups excluding carboxylic acids is 15. The van der Waals surface area contributed by atoms with E-state index >= 15 is 0 Å². The lowest BCUT2D eigenvalue weighted by Crippen LogP contribution is -2.62. The number of aliphatic hydroxyl groups excluding tert-OH is 4. The summed E-state index contributed by atoms with van der Waals surface area (Å²) in [5.74, 6) is -21.3. The Morgan fingerprint density at radius 1 is 0.446 bits per heavy atom. The molecule has 0 bridgehead atoms. The van der Waals surface area contributed by atoms with Gasteiger partial charge in [0.15, 0.2) is 5.96 Å². The largest absolute Gasteiger partial charge is 0.508 e. The number of carboxylic acids is 2. The molecule has 0 fully saturated rings. The van der Waals surface area contributed by atoms with Crippen LogP contribution < -0.4 is 103 Å². The number of primary amides is 1. The van der Waals surface area contributed by atoms with E-state index in [1.807, 2.05) is 5.32 Å². The highest BCUT2D eigenvalue weighted by atomic mass is 16.4. The molecule has 47 nitrogen and oxygen atoms in total. The lowest BCUT2D eigenvalue weighted by atomic mass is 9.97. The SMILES string of the molecule is CC[C@H](C)[C@H](NC(=O)[C@H](C)NC(=O)[C@H](CO)NC(=O)[C@H](C)NC(=O)[C@H](Cc1ccc(O)cc1)NC(=O)[C@@H](NC(=O)[C@H](CC(N)=O)NC(=O)[C@@H](N)Cc1ccc(O)cc1)[C@@H](C)O)C(=O)N[C@@H](Cc1c[nH]cn1)C(=O)N[C@@H](CCCNC(=N)N)C(=O)N[C@H](C(=O)N[C@@H](CCC(=O)O)C(=O)N[C@@H](CCCCN)C(=O)N[C@H](C(=O)NCC(=O)O)[C@@H](C)O)[C@@H](C)O. The van der Waals surface area contributed by atoms with E-state index in [1.165, 1.54) is 61.1 Å². The van der Waals surface area contributed by atoms with Gasteiger partial charge in [0.05, 0.1) is 49.4 Å². The Morgan fingerprint density at radius 2 is 0.843 bits per heavy atom. The predicted octanol–water partition coefficient (Wildman–Crippen LogP) is -9.97. The van der Waals surface area contributed by atoms with Gasteiger partial charge < -0.3 is 149 Å². The maximum Gasteiger partial charge on any atom is 0.322 e. The second-order valence-corrected chi connectivity index (χ2v) is 28.7. The molecule has 3 rings (SSSR count). The van der Waals surface area contributed by atoms with E-state index in [4.69, 9.17) is 33.5 Å². The van der Waals surface area contributed by atoms with Gasteiger partial charge in [-0.3, -0.25) is 86.9 Å². The van der Waals surface area contributed by atoms with Crippen LogP contribution in [0.2, 0.25) is 0 Å². The number of amides is 15. The number of aromatic hydroxyl groups is 2. The minimum Gasteiger partial charge on any atom is -0.508 e. The highest BCUT2D eigenvalue weighted by molar-refractivity contribution is 6.01. The lowest BCUT2D eigenvalue weighted by Gasteiger charge is -2.29. The number of hydrogen-bond donors (Lipinski definition) is 29. The van der Waals surface area contributed by atoms with Crippen LogP contribution in [0.3, 0.4) is 0 Å². The molecule has 0 spiro atoms. The molecule has 1 aromatic heterocycles. The van der Waals surface area contributed by atoms with E-state index in [0.717, 1.165) is 34.6 Å². The van der Waals surface area contributed by atoms with Gasteiger partial charge in [0.1, 0.15) is 96.6 Å². The number of carbonyl (C=O) groups is 17. The molecule has 670 valence electrons. The Hall–Kier alpha value is -12.7. The van der Waals surface area contributed by atoms with Crippen LogP contribution >= 0.6 is 0 Å². The Kier molecular flexibility index (Phi) is 43.7. The van der Waals surface area contributed by atoms with Crippen molar-refractivity contribution in [2.24, 2.45) is 28.9 Å². The molecule has 18 atom stereocenters. The standard InChI is InChI=1S/C74H114N22O25/c1-8-34(2)56(93-61(109)36(4)85-69(117)52(32-97)92-60(108)35(3)84-66(114)49(27-41-16-20-44(102)21-17-41)90-73(121)59(39(7)100)96-68(116)51(29-53(77)103)89-62(110)45(76)26-40-14-18-43(101)19-15-40)71(119)91-50(28-42-30-80-33-83-42)67(115)87-47(13-11-25-81-74(78)79)65(113)95-58(38(6)99)72(120)88-48(22-23-54(104)105)63(111)86-46(12-9-10-24-75)64(112)94-57(37(5)98)70(118)82-31-55(106)107/h14-21,30,33-39,45-52,56-59,97-102H,8-13,22-29,31-32,75-76H2,1-7H3,(H2,77,103)(H,80,83)(H,82,118)(H,84,114)(H,85,117)(H,86,111)(H,87,115)(H,88,120)(H,89,110)(H,90,121)(H,91,119)(H,92,108)(H,93,109)(H,94,112)(H,95,113)(H,96,116)(H,104,105)(H,106,107)(H4,78,79,81)/t34-,35-,36-,37+,38+,39+,45-,46-,47-,48-,49-,50-,51-,52-,56-,57-,58-,59-/m0/s1. The molecular formula is C74H114N22O25. The third-order valence-electron chi connectivity index (χ3n) is 18.6. The summed E-state index contributed by atoms with van der Waals surface area (Å²) >= 11 is 0. The van der Waals surface area contributed by atoms with E-state index in [9.17, 15) is 117 Å². The van der Waals surface area contributed by atoms with Crippen molar-refractivity contribution in [3.8, 4) is 11.5 Å². The Labute approximate surface area is 694 Å². The molecule has 2 aromatic carbocycles. The van der Waals surface area contributed by atoms with Crippen molar-refractivity contribution in [3.63, 3.8) is 0 Å². The first kappa shape index (κ1) is 102. The van der Waals surface area contributed by atoms with Crippen LogP contribution in [0.25, 0.3) is 0 Å². The molecule has 33 N–H and O–H groups in total. The minimum absolute atomic E-state index is 0.0604. The number of aromatic amines is 1. The zero-order valence-corrected chi connectivity index (χ0v) is 67.8. The van der Waals surface area contributed by atoms with Crippen LogP contribution in [0.5, 0.6) is 11.5 Å². The maximum absolute atomic E-state index is 14.7. The van der Waals surface area contributed by atoms with E-state index in [0.29, 0.717) is 17.5 Å². The van der Waals surface area contributed by atoms with Crippen molar-refractivity contribution >= 4 is 107 Å². The van der Waals surface area contributed by atoms with Gasteiger partial charge in [0, 0.05) is 32.0 Å². The Morgan fingerprint density at radius 3 is 1.30 bits per heavy atom. The molecule has 0 aliphatic carbocycles. The predicted molar refractivity (Wildman–Crippen MR) is 425 cm³/mol. The molecular weight excluding hydrogens is 1600 g/mol. The smallest absolute Gasteiger partial charge is 0.322 e. The second-order valence-electron chi connectivity index (χ2n) is 28.7. The summed E-state index contributed by atoms with van der Waals surface area (Å²) in [6.45, 7) is 6.73. The van der Waals surface area contributed by atoms with Crippen molar-refractivity contribution in [1.29, 1.82) is 5.41 Å².